The number of anilines is 1. The second-order valence-corrected chi connectivity index (χ2v) is 6.54. The first kappa shape index (κ1) is 15.3. The molecule has 0 saturated heterocycles. The Morgan fingerprint density at radius 3 is 2.17 bits per heavy atom. The van der Waals surface area contributed by atoms with Gasteiger partial charge in [0, 0.05) is 0 Å². The van der Waals surface area contributed by atoms with E-state index in [1.807, 2.05) is 0 Å². The molecule has 0 aliphatic heterocycles. The van der Waals surface area contributed by atoms with Crippen LogP contribution in [0.15, 0.2) is 22.9 Å². The van der Waals surface area contributed by atoms with E-state index >= 15 is 0 Å². The molecule has 0 atom stereocenters. The van der Waals surface area contributed by atoms with E-state index in [9.17, 15) is 0 Å². The molecule has 0 aliphatic carbocycles. The molecular formula is C5H7BrCl2N2OSn. The molecule has 1 aromatic rings. The first-order chi connectivity index (χ1) is 5.20. The molecule has 68 valence electrons. The molecule has 1 heterocycles. The quantitative estimate of drug-likeness (QED) is 0.548. The summed E-state index contributed by atoms with van der Waals surface area (Å²) < 4.78 is 0.812. The Morgan fingerprint density at radius 2 is 1.92 bits per heavy atom. The Labute approximate surface area is 96.7 Å². The summed E-state index contributed by atoms with van der Waals surface area (Å²) in [5, 5.41) is 0. The molecular weight excluding hydrogens is 374 g/mol. The van der Waals surface area contributed by atoms with Gasteiger partial charge in [0.2, 0.25) is 0 Å². The van der Waals surface area contributed by atoms with Crippen LogP contribution < -0.4 is 5.73 Å². The van der Waals surface area contributed by atoms with Crippen molar-refractivity contribution in [1.29, 1.82) is 0 Å². The second-order valence-electron chi connectivity index (χ2n) is 1.49. The Morgan fingerprint density at radius 1 is 1.42 bits per heavy atom. The van der Waals surface area contributed by atoms with Gasteiger partial charge in [0.25, 0.3) is 0 Å². The van der Waals surface area contributed by atoms with E-state index in [4.69, 9.17) is 23.6 Å². The molecule has 1 rings (SSSR count). The third-order valence-corrected chi connectivity index (χ3v) is 1.22. The van der Waals surface area contributed by atoms with Gasteiger partial charge in [-0.2, -0.15) is 0 Å². The molecule has 4 N–H and O–H groups in total. The van der Waals surface area contributed by atoms with Crippen LogP contribution in [-0.2, 0) is 0 Å². The summed E-state index contributed by atoms with van der Waals surface area (Å²) in [5.74, 6) is 0. The van der Waals surface area contributed by atoms with Gasteiger partial charge in [0.1, 0.15) is 4.60 Å². The molecule has 1 aromatic heterocycles. The number of hydrogen-bond acceptors (Lipinski definition) is 2. The third-order valence-electron chi connectivity index (χ3n) is 0.750. The van der Waals surface area contributed by atoms with Crippen molar-refractivity contribution in [3.8, 4) is 0 Å². The number of aromatic nitrogens is 1. The van der Waals surface area contributed by atoms with Crippen LogP contribution in [-0.4, -0.2) is 29.3 Å². The van der Waals surface area contributed by atoms with Crippen molar-refractivity contribution in [3.63, 3.8) is 0 Å². The summed E-state index contributed by atoms with van der Waals surface area (Å²) in [5.41, 5.74) is 6.03. The van der Waals surface area contributed by atoms with Gasteiger partial charge in [0.05, 0.1) is 11.9 Å². The predicted octanol–water partition coefficient (Wildman–Crippen LogP) is 1.60. The fraction of sp³-hybridized carbons (Fsp3) is 0. The molecule has 0 spiro atoms. The van der Waals surface area contributed by atoms with Gasteiger partial charge in [-0.1, -0.05) is 0 Å². The fourth-order valence-electron chi connectivity index (χ4n) is 0.387. The van der Waals surface area contributed by atoms with Crippen LogP contribution in [0, 0.1) is 0 Å². The van der Waals surface area contributed by atoms with Crippen LogP contribution in [0.3, 0.4) is 0 Å². The minimum absolute atomic E-state index is 0. The van der Waals surface area contributed by atoms with E-state index in [0.29, 0.717) is 5.69 Å². The van der Waals surface area contributed by atoms with Crippen LogP contribution >= 0.6 is 33.8 Å². The minimum atomic E-state index is -0.826. The van der Waals surface area contributed by atoms with E-state index in [0.717, 1.165) is 4.60 Å². The number of nitrogens with zero attached hydrogens (tertiary/aromatic N) is 1. The van der Waals surface area contributed by atoms with E-state index in [-0.39, 0.29) is 5.48 Å². The monoisotopic (exact) mass is 380 g/mol. The van der Waals surface area contributed by atoms with E-state index in [1.165, 1.54) is 0 Å². The number of nitrogens with two attached hydrogens (primary N) is 1. The molecule has 12 heavy (non-hydrogen) atoms. The maximum absolute atomic E-state index is 5.34. The topological polar surface area (TPSA) is 70.4 Å². The SMILES string of the molecule is Nc1ccc(Br)nc1.O.[Cl][Sn][Cl]. The van der Waals surface area contributed by atoms with Gasteiger partial charge >= 0.3 is 36.7 Å². The first-order valence-electron chi connectivity index (χ1n) is 2.54. The van der Waals surface area contributed by atoms with Crippen molar-refractivity contribution in [2.24, 2.45) is 0 Å². The molecule has 0 fully saturated rings. The third kappa shape index (κ3) is 8.86. The van der Waals surface area contributed by atoms with E-state index < -0.39 is 18.9 Å². The molecule has 0 aromatic carbocycles. The molecule has 7 heteroatoms. The van der Waals surface area contributed by atoms with Gasteiger partial charge in [0.15, 0.2) is 0 Å². The summed E-state index contributed by atoms with van der Waals surface area (Å²) in [6, 6.07) is 3.59. The number of rotatable bonds is 0. The van der Waals surface area contributed by atoms with Gasteiger partial charge in [-0.3, -0.25) is 0 Å². The Kier molecular flexibility index (Phi) is 12.5. The average Bonchev–Trinajstić information content (AvgIpc) is 1.97. The molecule has 3 nitrogen and oxygen atoms in total. The zero-order valence-electron chi connectivity index (χ0n) is 5.89. The second kappa shape index (κ2) is 9.85. The predicted molar refractivity (Wildman–Crippen MR) is 57.4 cm³/mol. The summed E-state index contributed by atoms with van der Waals surface area (Å²) in [6.45, 7) is 0. The number of hydrogen-bond donors (Lipinski definition) is 1. The number of nitrogen functional groups attached to an aromatic ring is 1. The van der Waals surface area contributed by atoms with Crippen molar-refractivity contribution in [1.82, 2.24) is 4.98 Å². The van der Waals surface area contributed by atoms with E-state index in [1.54, 1.807) is 18.3 Å². The molecule has 0 unspecified atom stereocenters. The van der Waals surface area contributed by atoms with Gasteiger partial charge in [-0.05, 0) is 28.1 Å². The summed E-state index contributed by atoms with van der Waals surface area (Å²) in [6.07, 6.45) is 1.60. The fourth-order valence-corrected chi connectivity index (χ4v) is 0.622. The normalized spacial score (nSPS) is 7.58. The summed E-state index contributed by atoms with van der Waals surface area (Å²) in [7, 11) is 9.87. The number of halogens is 3. The molecule has 0 amide bonds. The van der Waals surface area contributed by atoms with Crippen molar-refractivity contribution in [2.45, 2.75) is 0 Å². The van der Waals surface area contributed by atoms with Crippen LogP contribution in [0.2, 0.25) is 0 Å². The Hall–Kier alpha value is 0.769. The summed E-state index contributed by atoms with van der Waals surface area (Å²) in [4.78, 5) is 3.87. The average molecular weight is 381 g/mol. The zero-order valence-corrected chi connectivity index (χ0v) is 11.8. The molecule has 0 saturated carbocycles. The molecule has 0 aliphatic rings. The van der Waals surface area contributed by atoms with Crippen LogP contribution in [0.25, 0.3) is 0 Å². The van der Waals surface area contributed by atoms with Crippen LogP contribution in [0.4, 0.5) is 5.69 Å². The van der Waals surface area contributed by atoms with Gasteiger partial charge < -0.3 is 11.2 Å². The molecule has 2 radical (unpaired) electrons. The number of pyridine rings is 1. The maximum atomic E-state index is 5.34. The van der Waals surface area contributed by atoms with Crippen molar-refractivity contribution in [3.05, 3.63) is 22.9 Å². The van der Waals surface area contributed by atoms with Crippen molar-refractivity contribution < 1.29 is 5.48 Å². The molecule has 0 bridgehead atoms. The zero-order chi connectivity index (χ0) is 8.69. The Bertz CT molecular complexity index is 178. The van der Waals surface area contributed by atoms with Crippen molar-refractivity contribution >= 4 is 58.3 Å². The van der Waals surface area contributed by atoms with E-state index in [2.05, 4.69) is 20.9 Å². The van der Waals surface area contributed by atoms with Crippen LogP contribution in [0.5, 0.6) is 0 Å². The van der Waals surface area contributed by atoms with Gasteiger partial charge in [-0.25, -0.2) is 4.98 Å². The standard InChI is InChI=1S/C5H5BrN2.2ClH.H2O.Sn/c6-5-2-1-4(7)3-8-5;;;;/h1-3H,7H2;2*1H;1H2;/q;;;;+2/p-2. The van der Waals surface area contributed by atoms with Crippen molar-refractivity contribution in [2.75, 3.05) is 5.73 Å². The van der Waals surface area contributed by atoms with Gasteiger partial charge in [-0.15, -0.1) is 0 Å². The summed E-state index contributed by atoms with van der Waals surface area (Å²) >= 11 is 2.35. The first-order valence-corrected chi connectivity index (χ1v) is 10.6. The van der Waals surface area contributed by atoms with Crippen LogP contribution in [0.1, 0.15) is 0 Å². The Balaban J connectivity index is 0.